The first kappa shape index (κ1) is 24.4. The van der Waals surface area contributed by atoms with E-state index in [0.29, 0.717) is 39.0 Å². The summed E-state index contributed by atoms with van der Waals surface area (Å²) in [6, 6.07) is 14.2. The molecule has 1 N–H and O–H groups in total. The van der Waals surface area contributed by atoms with Crippen molar-refractivity contribution in [3.05, 3.63) is 65.0 Å². The Bertz CT molecular complexity index is 988. The highest BCUT2D eigenvalue weighted by Crippen LogP contribution is 2.21. The van der Waals surface area contributed by atoms with Crippen molar-refractivity contribution in [1.82, 2.24) is 10.2 Å². The molecule has 0 spiro atoms. The third kappa shape index (κ3) is 7.13. The van der Waals surface area contributed by atoms with Crippen molar-refractivity contribution in [2.45, 2.75) is 39.7 Å². The molecule has 0 unspecified atom stereocenters. The number of carbonyl (C=O) groups is 2. The van der Waals surface area contributed by atoms with Crippen LogP contribution in [0.5, 0.6) is 0 Å². The second kappa shape index (κ2) is 11.6. The fraction of sp³-hybridized carbons (Fsp3) is 0.423. The zero-order valence-corrected chi connectivity index (χ0v) is 19.3. The number of halogens is 1. The summed E-state index contributed by atoms with van der Waals surface area (Å²) in [5.74, 6) is -0.424. The molecule has 1 saturated heterocycles. The van der Waals surface area contributed by atoms with Gasteiger partial charge in [0.05, 0.1) is 19.0 Å². The predicted octanol–water partition coefficient (Wildman–Crippen LogP) is 3.72. The number of benzene rings is 2. The number of nitriles is 1. The third-order valence-corrected chi connectivity index (χ3v) is 5.96. The van der Waals surface area contributed by atoms with Gasteiger partial charge in [0.1, 0.15) is 5.82 Å². The van der Waals surface area contributed by atoms with E-state index in [-0.39, 0.29) is 36.5 Å². The zero-order valence-electron chi connectivity index (χ0n) is 19.3. The maximum atomic E-state index is 13.1. The molecule has 1 heterocycles. The van der Waals surface area contributed by atoms with E-state index >= 15 is 0 Å². The first-order valence-electron chi connectivity index (χ1n) is 11.4. The molecule has 0 aliphatic carbocycles. The topological polar surface area (TPSA) is 76.4 Å². The molecule has 2 aromatic rings. The Balaban J connectivity index is 1.51. The number of carbonyl (C=O) groups excluding carboxylic acids is 2. The van der Waals surface area contributed by atoms with Crippen molar-refractivity contribution >= 4 is 17.5 Å². The number of anilines is 1. The SMILES string of the molecule is Cc1cc(C)cc(N(CCC#N)C(=O)CN2CCC(C(=O)NCc3ccc(F)cc3)CC2)c1. The normalized spacial score (nSPS) is 14.5. The molecule has 1 aliphatic heterocycles. The molecule has 174 valence electrons. The van der Waals surface area contributed by atoms with Crippen molar-refractivity contribution in [3.8, 4) is 6.07 Å². The number of amides is 2. The van der Waals surface area contributed by atoms with E-state index in [1.165, 1.54) is 12.1 Å². The van der Waals surface area contributed by atoms with E-state index in [4.69, 9.17) is 5.26 Å². The molecule has 1 fully saturated rings. The summed E-state index contributed by atoms with van der Waals surface area (Å²) in [5.41, 5.74) is 3.83. The molecule has 0 atom stereocenters. The van der Waals surface area contributed by atoms with Gasteiger partial charge in [-0.15, -0.1) is 0 Å². The molecule has 2 amide bonds. The van der Waals surface area contributed by atoms with Gasteiger partial charge in [0.15, 0.2) is 0 Å². The molecule has 0 bridgehead atoms. The summed E-state index contributed by atoms with van der Waals surface area (Å²) in [4.78, 5) is 29.4. The van der Waals surface area contributed by atoms with Crippen LogP contribution in [0.25, 0.3) is 0 Å². The summed E-state index contributed by atoms with van der Waals surface area (Å²) in [7, 11) is 0. The Hall–Kier alpha value is -3.24. The van der Waals surface area contributed by atoms with Crippen LogP contribution in [0.15, 0.2) is 42.5 Å². The van der Waals surface area contributed by atoms with Gasteiger partial charge in [-0.3, -0.25) is 14.5 Å². The molecule has 3 rings (SSSR count). The lowest BCUT2D eigenvalue weighted by Crippen LogP contribution is -2.46. The number of nitrogens with zero attached hydrogens (tertiary/aromatic N) is 3. The number of rotatable bonds is 8. The molecular formula is C26H31FN4O2. The highest BCUT2D eigenvalue weighted by atomic mass is 19.1. The van der Waals surface area contributed by atoms with Crippen LogP contribution in [0.3, 0.4) is 0 Å². The van der Waals surface area contributed by atoms with E-state index in [2.05, 4.69) is 22.4 Å². The van der Waals surface area contributed by atoms with Gasteiger partial charge >= 0.3 is 0 Å². The predicted molar refractivity (Wildman–Crippen MR) is 126 cm³/mol. The largest absolute Gasteiger partial charge is 0.352 e. The quantitative estimate of drug-likeness (QED) is 0.665. The minimum Gasteiger partial charge on any atom is -0.352 e. The Morgan fingerprint density at radius 2 is 1.76 bits per heavy atom. The lowest BCUT2D eigenvalue weighted by molar-refractivity contribution is -0.126. The number of piperidine rings is 1. The Morgan fingerprint density at radius 1 is 1.12 bits per heavy atom. The van der Waals surface area contributed by atoms with Gasteiger partial charge < -0.3 is 10.2 Å². The zero-order chi connectivity index (χ0) is 23.8. The van der Waals surface area contributed by atoms with Crippen LogP contribution >= 0.6 is 0 Å². The molecule has 0 aromatic heterocycles. The lowest BCUT2D eigenvalue weighted by Gasteiger charge is -2.32. The molecule has 33 heavy (non-hydrogen) atoms. The van der Waals surface area contributed by atoms with Crippen LogP contribution in [-0.4, -0.2) is 42.9 Å². The second-order valence-corrected chi connectivity index (χ2v) is 8.69. The average molecular weight is 451 g/mol. The fourth-order valence-corrected chi connectivity index (χ4v) is 4.23. The van der Waals surface area contributed by atoms with Gasteiger partial charge in [-0.05, 0) is 80.7 Å². The molecule has 1 aliphatic rings. The van der Waals surface area contributed by atoms with E-state index < -0.39 is 0 Å². The van der Waals surface area contributed by atoms with E-state index in [1.807, 2.05) is 26.0 Å². The molecule has 0 radical (unpaired) electrons. The average Bonchev–Trinajstić information content (AvgIpc) is 2.78. The van der Waals surface area contributed by atoms with Crippen LogP contribution in [0.2, 0.25) is 0 Å². The molecule has 2 aromatic carbocycles. The monoisotopic (exact) mass is 450 g/mol. The van der Waals surface area contributed by atoms with Crippen molar-refractivity contribution in [2.24, 2.45) is 5.92 Å². The second-order valence-electron chi connectivity index (χ2n) is 8.69. The summed E-state index contributed by atoms with van der Waals surface area (Å²) in [5, 5.41) is 12.0. The lowest BCUT2D eigenvalue weighted by atomic mass is 9.95. The van der Waals surface area contributed by atoms with Crippen molar-refractivity contribution in [3.63, 3.8) is 0 Å². The minimum atomic E-state index is -0.296. The van der Waals surface area contributed by atoms with Gasteiger partial charge in [-0.2, -0.15) is 5.26 Å². The van der Waals surface area contributed by atoms with Crippen LogP contribution in [0.4, 0.5) is 10.1 Å². The van der Waals surface area contributed by atoms with Crippen LogP contribution in [0.1, 0.15) is 36.0 Å². The van der Waals surface area contributed by atoms with Crippen molar-refractivity contribution < 1.29 is 14.0 Å². The van der Waals surface area contributed by atoms with E-state index in [9.17, 15) is 14.0 Å². The standard InChI is InChI=1S/C26H31FN4O2/c1-19-14-20(2)16-24(15-19)31(11-3-10-28)25(32)18-30-12-8-22(9-13-30)26(33)29-17-21-4-6-23(27)7-5-21/h4-7,14-16,22H,3,8-9,11-13,17-18H2,1-2H3,(H,29,33). The first-order valence-corrected chi connectivity index (χ1v) is 11.4. The van der Waals surface area contributed by atoms with Crippen molar-refractivity contribution in [1.29, 1.82) is 5.26 Å². The van der Waals surface area contributed by atoms with Gasteiger partial charge in [-0.1, -0.05) is 18.2 Å². The number of hydrogen-bond donors (Lipinski definition) is 1. The molecule has 0 saturated carbocycles. The van der Waals surface area contributed by atoms with Crippen LogP contribution < -0.4 is 10.2 Å². The first-order chi connectivity index (χ1) is 15.9. The van der Waals surface area contributed by atoms with Gasteiger partial charge in [-0.25, -0.2) is 4.39 Å². The Morgan fingerprint density at radius 3 is 2.36 bits per heavy atom. The molecule has 7 heteroatoms. The van der Waals surface area contributed by atoms with Gasteiger partial charge in [0, 0.05) is 24.7 Å². The van der Waals surface area contributed by atoms with E-state index in [1.54, 1.807) is 17.0 Å². The Labute approximate surface area is 195 Å². The van der Waals surface area contributed by atoms with Crippen LogP contribution in [-0.2, 0) is 16.1 Å². The smallest absolute Gasteiger partial charge is 0.241 e. The highest BCUT2D eigenvalue weighted by Gasteiger charge is 2.27. The number of hydrogen-bond acceptors (Lipinski definition) is 4. The highest BCUT2D eigenvalue weighted by molar-refractivity contribution is 5.95. The molecule has 6 nitrogen and oxygen atoms in total. The van der Waals surface area contributed by atoms with E-state index in [0.717, 1.165) is 22.4 Å². The number of aryl methyl sites for hydroxylation is 2. The maximum absolute atomic E-state index is 13.1. The minimum absolute atomic E-state index is 0.00353. The Kier molecular flexibility index (Phi) is 8.56. The summed E-state index contributed by atoms with van der Waals surface area (Å²) >= 11 is 0. The molecular weight excluding hydrogens is 419 g/mol. The van der Waals surface area contributed by atoms with Crippen molar-refractivity contribution in [2.75, 3.05) is 31.1 Å². The van der Waals surface area contributed by atoms with Gasteiger partial charge in [0.2, 0.25) is 11.8 Å². The van der Waals surface area contributed by atoms with Gasteiger partial charge in [0.25, 0.3) is 0 Å². The summed E-state index contributed by atoms with van der Waals surface area (Å²) in [6.07, 6.45) is 1.64. The summed E-state index contributed by atoms with van der Waals surface area (Å²) < 4.78 is 13.0. The van der Waals surface area contributed by atoms with Crippen LogP contribution in [0, 0.1) is 36.9 Å². The number of nitrogens with one attached hydrogen (secondary N) is 1. The summed E-state index contributed by atoms with van der Waals surface area (Å²) in [6.45, 7) is 6.33. The fourth-order valence-electron chi connectivity index (χ4n) is 4.23. The third-order valence-electron chi connectivity index (χ3n) is 5.96. The maximum Gasteiger partial charge on any atom is 0.241 e. The number of likely N-dealkylation sites (tertiary alicyclic amines) is 1.